The highest BCUT2D eigenvalue weighted by Gasteiger charge is 2.23. The molecule has 6 nitrogen and oxygen atoms in total. The second kappa shape index (κ2) is 8.28. The number of amides is 1. The summed E-state index contributed by atoms with van der Waals surface area (Å²) in [5.74, 6) is 1.14. The molecule has 0 unspecified atom stereocenters. The van der Waals surface area contributed by atoms with Crippen LogP contribution in [-0.4, -0.2) is 47.0 Å². The number of piperazine rings is 1. The van der Waals surface area contributed by atoms with Crippen molar-refractivity contribution < 1.29 is 9.53 Å². The molecule has 0 bridgehead atoms. The molecule has 1 saturated heterocycles. The fourth-order valence-electron chi connectivity index (χ4n) is 2.99. The molecule has 1 aliphatic heterocycles. The van der Waals surface area contributed by atoms with Crippen molar-refractivity contribution in [1.82, 2.24) is 14.9 Å². The highest BCUT2D eigenvalue weighted by molar-refractivity contribution is 9.10. The van der Waals surface area contributed by atoms with Crippen LogP contribution in [0.2, 0.25) is 0 Å². The average Bonchev–Trinajstić information content (AvgIpc) is 3.15. The number of halogens is 1. The maximum atomic E-state index is 12.8. The normalized spacial score (nSPS) is 14.2. The molecule has 0 atom stereocenters. The molecular formula is C20H19BrN4O2S. The molecule has 28 heavy (non-hydrogen) atoms. The number of nitrogens with zero attached hydrogens (tertiary/aromatic N) is 4. The maximum Gasteiger partial charge on any atom is 0.255 e. The Hall–Kier alpha value is -2.45. The van der Waals surface area contributed by atoms with Gasteiger partial charge in [0.15, 0.2) is 5.13 Å². The molecule has 144 valence electrons. The predicted octanol–water partition coefficient (Wildman–Crippen LogP) is 4.36. The molecule has 4 rings (SSSR count). The van der Waals surface area contributed by atoms with E-state index < -0.39 is 0 Å². The van der Waals surface area contributed by atoms with Crippen LogP contribution in [0.15, 0.2) is 52.4 Å². The minimum Gasteiger partial charge on any atom is -0.439 e. The van der Waals surface area contributed by atoms with Crippen LogP contribution >= 0.6 is 27.3 Å². The third-order valence-electron chi connectivity index (χ3n) is 4.45. The molecule has 0 radical (unpaired) electrons. The molecule has 3 aromatic rings. The standard InChI is InChI=1S/C20H19BrN4O2S/c1-14-13-28-20(23-14)25-9-7-24(8-10-25)19(26)15-5-6-18(22-12-15)27-17-4-2-3-16(21)11-17/h2-6,11-13H,7-10H2,1H3. The summed E-state index contributed by atoms with van der Waals surface area (Å²) in [4.78, 5) is 25.7. The molecule has 1 aromatic carbocycles. The maximum absolute atomic E-state index is 12.8. The van der Waals surface area contributed by atoms with Crippen LogP contribution in [-0.2, 0) is 0 Å². The van der Waals surface area contributed by atoms with Gasteiger partial charge >= 0.3 is 0 Å². The van der Waals surface area contributed by atoms with Crippen molar-refractivity contribution in [2.24, 2.45) is 0 Å². The SMILES string of the molecule is Cc1csc(N2CCN(C(=O)c3ccc(Oc4cccc(Br)c4)nc3)CC2)n1. The number of hydrogen-bond donors (Lipinski definition) is 0. The van der Waals surface area contributed by atoms with Gasteiger partial charge in [-0.2, -0.15) is 0 Å². The fourth-order valence-corrected chi connectivity index (χ4v) is 4.22. The van der Waals surface area contributed by atoms with E-state index in [1.165, 1.54) is 0 Å². The summed E-state index contributed by atoms with van der Waals surface area (Å²) in [6, 6.07) is 11.0. The number of carbonyl (C=O) groups is 1. The van der Waals surface area contributed by atoms with Crippen molar-refractivity contribution in [2.45, 2.75) is 6.92 Å². The first-order valence-corrected chi connectivity index (χ1v) is 10.6. The van der Waals surface area contributed by atoms with E-state index in [-0.39, 0.29) is 5.91 Å². The first-order chi connectivity index (χ1) is 13.6. The summed E-state index contributed by atoms with van der Waals surface area (Å²) in [6.45, 7) is 4.92. The highest BCUT2D eigenvalue weighted by atomic mass is 79.9. The van der Waals surface area contributed by atoms with Crippen molar-refractivity contribution in [1.29, 1.82) is 0 Å². The lowest BCUT2D eigenvalue weighted by atomic mass is 10.2. The van der Waals surface area contributed by atoms with Crippen LogP contribution in [0.25, 0.3) is 0 Å². The lowest BCUT2D eigenvalue weighted by Gasteiger charge is -2.34. The number of ether oxygens (including phenoxy) is 1. The van der Waals surface area contributed by atoms with Gasteiger partial charge in [-0.25, -0.2) is 9.97 Å². The van der Waals surface area contributed by atoms with Crippen molar-refractivity contribution in [3.63, 3.8) is 0 Å². The summed E-state index contributed by atoms with van der Waals surface area (Å²) < 4.78 is 6.66. The Morgan fingerprint density at radius 1 is 1.18 bits per heavy atom. The Kier molecular flexibility index (Phi) is 5.59. The van der Waals surface area contributed by atoms with E-state index in [9.17, 15) is 4.79 Å². The second-order valence-electron chi connectivity index (χ2n) is 6.50. The van der Waals surface area contributed by atoms with Gasteiger partial charge in [0.05, 0.1) is 11.3 Å². The number of anilines is 1. The molecule has 1 aliphatic rings. The summed E-state index contributed by atoms with van der Waals surface area (Å²) in [6.07, 6.45) is 1.58. The highest BCUT2D eigenvalue weighted by Crippen LogP contribution is 2.24. The molecule has 1 amide bonds. The minimum absolute atomic E-state index is 0.00326. The zero-order valence-electron chi connectivity index (χ0n) is 15.3. The smallest absolute Gasteiger partial charge is 0.255 e. The number of hydrogen-bond acceptors (Lipinski definition) is 6. The van der Waals surface area contributed by atoms with E-state index in [1.807, 2.05) is 36.1 Å². The molecule has 3 heterocycles. The second-order valence-corrected chi connectivity index (χ2v) is 8.25. The van der Waals surface area contributed by atoms with Crippen molar-refractivity contribution >= 4 is 38.3 Å². The van der Waals surface area contributed by atoms with E-state index in [2.05, 4.69) is 36.2 Å². The number of aromatic nitrogens is 2. The molecule has 1 fully saturated rings. The van der Waals surface area contributed by atoms with Crippen LogP contribution < -0.4 is 9.64 Å². The van der Waals surface area contributed by atoms with Gasteiger partial charge in [-0.05, 0) is 31.2 Å². The molecule has 0 N–H and O–H groups in total. The number of rotatable bonds is 4. The zero-order chi connectivity index (χ0) is 19.5. The Bertz CT molecular complexity index is 968. The Balaban J connectivity index is 1.36. The van der Waals surface area contributed by atoms with Gasteiger partial charge in [0.25, 0.3) is 5.91 Å². The van der Waals surface area contributed by atoms with Crippen LogP contribution in [0.3, 0.4) is 0 Å². The van der Waals surface area contributed by atoms with Crippen LogP contribution in [0.1, 0.15) is 16.1 Å². The molecule has 8 heteroatoms. The fraction of sp³-hybridized carbons (Fsp3) is 0.250. The molecule has 2 aromatic heterocycles. The van der Waals surface area contributed by atoms with Gasteiger partial charge in [0.1, 0.15) is 5.75 Å². The number of pyridine rings is 1. The first-order valence-electron chi connectivity index (χ1n) is 8.94. The molecule has 0 aliphatic carbocycles. The predicted molar refractivity (Wildman–Crippen MR) is 113 cm³/mol. The molecular weight excluding hydrogens is 440 g/mol. The summed E-state index contributed by atoms with van der Waals surface area (Å²) in [5.41, 5.74) is 1.61. The first kappa shape index (κ1) is 18.9. The zero-order valence-corrected chi connectivity index (χ0v) is 17.7. The Labute approximate surface area is 175 Å². The Morgan fingerprint density at radius 2 is 2.00 bits per heavy atom. The number of carbonyl (C=O) groups excluding carboxylic acids is 1. The summed E-state index contributed by atoms with van der Waals surface area (Å²) >= 11 is 5.06. The third-order valence-corrected chi connectivity index (χ3v) is 5.96. The average molecular weight is 459 g/mol. The van der Waals surface area contributed by atoms with Crippen molar-refractivity contribution in [3.8, 4) is 11.6 Å². The van der Waals surface area contributed by atoms with Crippen LogP contribution in [0.4, 0.5) is 5.13 Å². The van der Waals surface area contributed by atoms with Crippen LogP contribution in [0.5, 0.6) is 11.6 Å². The van der Waals surface area contributed by atoms with Gasteiger partial charge in [-0.1, -0.05) is 22.0 Å². The Morgan fingerprint density at radius 3 is 2.64 bits per heavy atom. The van der Waals surface area contributed by atoms with E-state index >= 15 is 0 Å². The van der Waals surface area contributed by atoms with Crippen LogP contribution in [0, 0.1) is 6.92 Å². The van der Waals surface area contributed by atoms with E-state index in [0.29, 0.717) is 30.3 Å². The number of thiazole rings is 1. The van der Waals surface area contributed by atoms with Gasteiger partial charge in [0.2, 0.25) is 5.88 Å². The van der Waals surface area contributed by atoms with Gasteiger partial charge < -0.3 is 14.5 Å². The monoisotopic (exact) mass is 458 g/mol. The van der Waals surface area contributed by atoms with Gasteiger partial charge in [-0.15, -0.1) is 11.3 Å². The summed E-state index contributed by atoms with van der Waals surface area (Å²) in [5, 5.41) is 3.08. The van der Waals surface area contributed by atoms with Crippen molar-refractivity contribution in [2.75, 3.05) is 31.1 Å². The van der Waals surface area contributed by atoms with E-state index in [0.717, 1.165) is 28.4 Å². The van der Waals surface area contributed by atoms with E-state index in [1.54, 1.807) is 29.7 Å². The lowest BCUT2D eigenvalue weighted by molar-refractivity contribution is 0.0746. The van der Waals surface area contributed by atoms with Crippen molar-refractivity contribution in [3.05, 3.63) is 63.7 Å². The number of benzene rings is 1. The number of aryl methyl sites for hydroxylation is 1. The third kappa shape index (κ3) is 4.34. The molecule has 0 saturated carbocycles. The largest absolute Gasteiger partial charge is 0.439 e. The quantitative estimate of drug-likeness (QED) is 0.580. The van der Waals surface area contributed by atoms with E-state index in [4.69, 9.17) is 4.74 Å². The minimum atomic E-state index is -0.00326. The van der Waals surface area contributed by atoms with Gasteiger partial charge in [0, 0.05) is 48.3 Å². The molecule has 0 spiro atoms. The van der Waals surface area contributed by atoms with Gasteiger partial charge in [-0.3, -0.25) is 4.79 Å². The lowest BCUT2D eigenvalue weighted by Crippen LogP contribution is -2.48. The topological polar surface area (TPSA) is 58.6 Å². The summed E-state index contributed by atoms with van der Waals surface area (Å²) in [7, 11) is 0.